The van der Waals surface area contributed by atoms with Crippen LogP contribution in [0.15, 0.2) is 156 Å². The predicted octanol–water partition coefficient (Wildman–Crippen LogP) is 12.8. The fraction of sp³-hybridized carbons (Fsp3) is 0.240. The van der Waals surface area contributed by atoms with Crippen molar-refractivity contribution < 1.29 is 0 Å². The van der Waals surface area contributed by atoms with Gasteiger partial charge in [-0.25, -0.2) is 10.0 Å². The van der Waals surface area contributed by atoms with E-state index in [2.05, 4.69) is 186 Å². The molecular weight excluding hydrogens is 685 g/mol. The zero-order valence-corrected chi connectivity index (χ0v) is 32.9. The first-order valence-corrected chi connectivity index (χ1v) is 20.3. The molecule has 0 radical (unpaired) electrons. The number of aromatic nitrogens is 2. The van der Waals surface area contributed by atoms with Gasteiger partial charge >= 0.3 is 0 Å². The van der Waals surface area contributed by atoms with E-state index in [0.717, 1.165) is 35.3 Å². The van der Waals surface area contributed by atoms with Crippen LogP contribution in [0.2, 0.25) is 0 Å². The maximum atomic E-state index is 5.36. The van der Waals surface area contributed by atoms with Crippen LogP contribution < -0.4 is 10.0 Å². The summed E-state index contributed by atoms with van der Waals surface area (Å²) in [5.74, 6) is 0. The van der Waals surface area contributed by atoms with Crippen molar-refractivity contribution in [3.63, 3.8) is 0 Å². The van der Waals surface area contributed by atoms with Gasteiger partial charge in [-0.15, -0.1) is 0 Å². The normalized spacial score (nSPS) is 12.1. The average molecular weight is 737 g/mol. The molecule has 282 valence electrons. The molecule has 2 heterocycles. The van der Waals surface area contributed by atoms with E-state index in [9.17, 15) is 0 Å². The second kappa shape index (κ2) is 17.1. The van der Waals surface area contributed by atoms with Gasteiger partial charge in [0, 0.05) is 57.7 Å². The molecule has 0 saturated carbocycles. The summed E-state index contributed by atoms with van der Waals surface area (Å²) in [5.41, 5.74) is 9.05. The number of fused-ring (bicyclic) bond motifs is 6. The lowest BCUT2D eigenvalue weighted by Crippen LogP contribution is -2.44. The minimum absolute atomic E-state index is 0.189. The Morgan fingerprint density at radius 2 is 0.875 bits per heavy atom. The van der Waals surface area contributed by atoms with E-state index in [0.29, 0.717) is 0 Å². The summed E-state index contributed by atoms with van der Waals surface area (Å²) in [4.78, 5) is 0. The molecule has 2 aromatic heterocycles. The number of aryl methyl sites for hydroxylation is 2. The Morgan fingerprint density at radius 3 is 1.36 bits per heavy atom. The molecular formula is C50H52N6. The van der Waals surface area contributed by atoms with Gasteiger partial charge in [-0.05, 0) is 84.6 Å². The Bertz CT molecular complexity index is 2420. The van der Waals surface area contributed by atoms with Gasteiger partial charge in [0.2, 0.25) is 0 Å². The SMILES string of the molecule is CCCCCCCCCC(N(/N=C\c1ccc2c(c1)c1ccccc1n2C)c1ccccc1)N(/N=C\c1ccc2c(c1)c1ccccc1n2C)c1ccccc1. The zero-order valence-electron chi connectivity index (χ0n) is 32.9. The molecule has 0 amide bonds. The molecule has 0 bridgehead atoms. The van der Waals surface area contributed by atoms with Crippen LogP contribution in [0.1, 0.15) is 69.4 Å². The number of anilines is 2. The molecule has 6 aromatic carbocycles. The molecule has 0 aliphatic carbocycles. The van der Waals surface area contributed by atoms with Crippen molar-refractivity contribution in [3.05, 3.63) is 157 Å². The van der Waals surface area contributed by atoms with Gasteiger partial charge in [-0.2, -0.15) is 10.2 Å². The second-order valence-corrected chi connectivity index (χ2v) is 14.9. The highest BCUT2D eigenvalue weighted by Crippen LogP contribution is 2.32. The third-order valence-corrected chi connectivity index (χ3v) is 11.2. The Balaban J connectivity index is 1.20. The number of benzene rings is 6. The van der Waals surface area contributed by atoms with Crippen molar-refractivity contribution in [1.82, 2.24) is 9.13 Å². The number of rotatable bonds is 16. The predicted molar refractivity (Wildman–Crippen MR) is 240 cm³/mol. The van der Waals surface area contributed by atoms with Crippen LogP contribution in [0.4, 0.5) is 11.4 Å². The van der Waals surface area contributed by atoms with Crippen LogP contribution in [-0.2, 0) is 14.1 Å². The molecule has 0 spiro atoms. The summed E-state index contributed by atoms with van der Waals surface area (Å²) in [5, 5.41) is 20.1. The molecule has 0 N–H and O–H groups in total. The van der Waals surface area contributed by atoms with Crippen LogP contribution in [-0.4, -0.2) is 27.7 Å². The van der Waals surface area contributed by atoms with E-state index in [1.54, 1.807) is 0 Å². The van der Waals surface area contributed by atoms with E-state index >= 15 is 0 Å². The smallest absolute Gasteiger partial charge is 0.144 e. The molecule has 6 nitrogen and oxygen atoms in total. The number of para-hydroxylation sites is 4. The van der Waals surface area contributed by atoms with Crippen LogP contribution >= 0.6 is 0 Å². The van der Waals surface area contributed by atoms with E-state index in [-0.39, 0.29) is 6.17 Å². The molecule has 0 saturated heterocycles. The summed E-state index contributed by atoms with van der Waals surface area (Å²) < 4.78 is 4.54. The quantitative estimate of drug-likeness (QED) is 0.0429. The minimum atomic E-state index is -0.189. The molecule has 0 fully saturated rings. The van der Waals surface area contributed by atoms with Crippen molar-refractivity contribution in [2.45, 2.75) is 64.5 Å². The molecule has 0 aliphatic rings. The third kappa shape index (κ3) is 7.70. The Hall–Kier alpha value is -6.14. The lowest BCUT2D eigenvalue weighted by atomic mass is 10.1. The standard InChI is InChI=1S/C50H52N6/c1-4-5-6-7-8-9-16-29-50(55(40-21-12-10-13-22-40)51-36-38-30-32-48-44(34-38)42-25-17-19-27-46(42)53(48)2)56(41-23-14-11-15-24-41)52-37-39-31-33-49-45(35-39)43-26-18-20-28-47(43)54(49)3/h10-15,17-28,30-37,50H,4-9,16,29H2,1-3H3/b51-36-,52-37-. The summed E-state index contributed by atoms with van der Waals surface area (Å²) in [6.45, 7) is 2.28. The number of hydrogen-bond donors (Lipinski definition) is 0. The Kier molecular flexibility index (Phi) is 11.3. The molecule has 8 rings (SSSR count). The molecule has 0 unspecified atom stereocenters. The van der Waals surface area contributed by atoms with Crippen molar-refractivity contribution in [3.8, 4) is 0 Å². The van der Waals surface area contributed by atoms with E-state index < -0.39 is 0 Å². The monoisotopic (exact) mass is 736 g/mol. The van der Waals surface area contributed by atoms with E-state index in [1.807, 2.05) is 12.4 Å². The summed E-state index contributed by atoms with van der Waals surface area (Å²) >= 11 is 0. The highest BCUT2D eigenvalue weighted by Gasteiger charge is 2.26. The summed E-state index contributed by atoms with van der Waals surface area (Å²) in [6.07, 6.45) is 13.4. The molecule has 0 aliphatic heterocycles. The van der Waals surface area contributed by atoms with Gasteiger partial charge in [0.15, 0.2) is 0 Å². The fourth-order valence-corrected chi connectivity index (χ4v) is 8.21. The first-order chi connectivity index (χ1) is 27.6. The minimum Gasteiger partial charge on any atom is -0.344 e. The molecule has 0 atom stereocenters. The number of hydrogen-bond acceptors (Lipinski definition) is 4. The van der Waals surface area contributed by atoms with Gasteiger partial charge in [-0.3, -0.25) is 0 Å². The van der Waals surface area contributed by atoms with Gasteiger partial charge < -0.3 is 9.13 Å². The van der Waals surface area contributed by atoms with Crippen molar-refractivity contribution in [1.29, 1.82) is 0 Å². The first kappa shape index (κ1) is 36.8. The van der Waals surface area contributed by atoms with Crippen molar-refractivity contribution >= 4 is 67.4 Å². The Labute approximate surface area is 331 Å². The molecule has 6 heteroatoms. The average Bonchev–Trinajstić information content (AvgIpc) is 3.70. The van der Waals surface area contributed by atoms with Crippen molar-refractivity contribution in [2.75, 3.05) is 10.0 Å². The summed E-state index contributed by atoms with van der Waals surface area (Å²) in [7, 11) is 4.28. The highest BCUT2D eigenvalue weighted by atomic mass is 15.6. The van der Waals surface area contributed by atoms with Crippen LogP contribution in [0, 0.1) is 0 Å². The third-order valence-electron chi connectivity index (χ3n) is 11.2. The topological polar surface area (TPSA) is 41.1 Å². The number of hydrazone groups is 2. The van der Waals surface area contributed by atoms with Crippen molar-refractivity contribution in [2.24, 2.45) is 24.3 Å². The fourth-order valence-electron chi connectivity index (χ4n) is 8.21. The Morgan fingerprint density at radius 1 is 0.464 bits per heavy atom. The van der Waals surface area contributed by atoms with Crippen LogP contribution in [0.3, 0.4) is 0 Å². The summed E-state index contributed by atoms with van der Waals surface area (Å²) in [6, 6.07) is 51.7. The second-order valence-electron chi connectivity index (χ2n) is 14.9. The number of unbranched alkanes of at least 4 members (excludes halogenated alkanes) is 6. The first-order valence-electron chi connectivity index (χ1n) is 20.3. The molecule has 56 heavy (non-hydrogen) atoms. The van der Waals surface area contributed by atoms with E-state index in [1.165, 1.54) is 82.1 Å². The maximum Gasteiger partial charge on any atom is 0.144 e. The van der Waals surface area contributed by atoms with E-state index in [4.69, 9.17) is 10.2 Å². The number of nitrogens with zero attached hydrogens (tertiary/aromatic N) is 6. The van der Waals surface area contributed by atoms with Gasteiger partial charge in [-0.1, -0.05) is 130 Å². The van der Waals surface area contributed by atoms with Crippen LogP contribution in [0.5, 0.6) is 0 Å². The molecule has 8 aromatic rings. The lowest BCUT2D eigenvalue weighted by Gasteiger charge is -2.36. The lowest BCUT2D eigenvalue weighted by molar-refractivity contribution is 0.491. The van der Waals surface area contributed by atoms with Gasteiger partial charge in [0.25, 0.3) is 0 Å². The van der Waals surface area contributed by atoms with Crippen LogP contribution in [0.25, 0.3) is 43.6 Å². The highest BCUT2D eigenvalue weighted by molar-refractivity contribution is 6.10. The zero-order chi connectivity index (χ0) is 38.3. The van der Waals surface area contributed by atoms with Gasteiger partial charge in [0.05, 0.1) is 23.8 Å². The largest absolute Gasteiger partial charge is 0.344 e. The maximum absolute atomic E-state index is 5.36. The van der Waals surface area contributed by atoms with Gasteiger partial charge in [0.1, 0.15) is 6.17 Å².